The van der Waals surface area contributed by atoms with Gasteiger partial charge in [0.05, 0.1) is 0 Å². The van der Waals surface area contributed by atoms with E-state index in [-0.39, 0.29) is 5.41 Å². The highest BCUT2D eigenvalue weighted by molar-refractivity contribution is 6.14. The minimum atomic E-state index is -0.0857. The molecule has 0 N–H and O–H groups in total. The first-order valence-corrected chi connectivity index (χ1v) is 18.0. The fourth-order valence-electron chi connectivity index (χ4n) is 9.13. The van der Waals surface area contributed by atoms with Crippen molar-refractivity contribution < 1.29 is 0 Å². The molecule has 0 spiro atoms. The summed E-state index contributed by atoms with van der Waals surface area (Å²) in [4.78, 5) is 0. The summed E-state index contributed by atoms with van der Waals surface area (Å²) in [6.07, 6.45) is 5.87. The molecule has 2 aliphatic rings. The molecular formula is C50H38. The van der Waals surface area contributed by atoms with Crippen LogP contribution in [0.4, 0.5) is 0 Å². The third-order valence-corrected chi connectivity index (χ3v) is 11.6. The van der Waals surface area contributed by atoms with Crippen molar-refractivity contribution in [2.75, 3.05) is 0 Å². The van der Waals surface area contributed by atoms with E-state index >= 15 is 0 Å². The number of hydrogen-bond acceptors (Lipinski definition) is 0. The second-order valence-corrected chi connectivity index (χ2v) is 14.9. The lowest BCUT2D eigenvalue weighted by molar-refractivity contribution is 0.661. The lowest BCUT2D eigenvalue weighted by Crippen LogP contribution is -2.14. The summed E-state index contributed by atoms with van der Waals surface area (Å²) < 4.78 is 0. The van der Waals surface area contributed by atoms with Crippen LogP contribution in [0.5, 0.6) is 0 Å². The minimum Gasteiger partial charge on any atom is -0.0807 e. The van der Waals surface area contributed by atoms with E-state index < -0.39 is 0 Å². The van der Waals surface area contributed by atoms with Gasteiger partial charge in [0.25, 0.3) is 0 Å². The molecule has 0 saturated heterocycles. The van der Waals surface area contributed by atoms with E-state index in [1.165, 1.54) is 99.1 Å². The Hall–Kier alpha value is -5.72. The van der Waals surface area contributed by atoms with E-state index in [2.05, 4.69) is 179 Å². The molecule has 0 heteroatoms. The van der Waals surface area contributed by atoms with Gasteiger partial charge in [-0.3, -0.25) is 0 Å². The SMILES string of the molecule is CC1C=Cc2c(c(-c3ccc(-c4ccc5ccccc5c4)cc3)c3ccccc3c2-c2cccc3c2-c2c(ccc4ccccc24)C3(C)C)C1. The molecular weight excluding hydrogens is 601 g/mol. The number of fused-ring (bicyclic) bond motifs is 8. The van der Waals surface area contributed by atoms with E-state index in [0.29, 0.717) is 5.92 Å². The Kier molecular flexibility index (Phi) is 6.36. The van der Waals surface area contributed by atoms with E-state index in [4.69, 9.17) is 0 Å². The first-order chi connectivity index (χ1) is 24.5. The maximum Gasteiger partial charge on any atom is 0.0159 e. The van der Waals surface area contributed by atoms with Crippen LogP contribution in [0.3, 0.4) is 0 Å². The summed E-state index contributed by atoms with van der Waals surface area (Å²) in [5.74, 6) is 0.470. The average Bonchev–Trinajstić information content (AvgIpc) is 3.40. The fraction of sp³-hybridized carbons (Fsp3) is 0.120. The molecule has 238 valence electrons. The predicted molar refractivity (Wildman–Crippen MR) is 215 cm³/mol. The molecule has 1 unspecified atom stereocenters. The van der Waals surface area contributed by atoms with Gasteiger partial charge in [-0.25, -0.2) is 0 Å². The first-order valence-electron chi connectivity index (χ1n) is 18.0. The van der Waals surface area contributed by atoms with Crippen molar-refractivity contribution in [3.05, 3.63) is 174 Å². The van der Waals surface area contributed by atoms with Crippen LogP contribution in [-0.4, -0.2) is 0 Å². The molecule has 0 heterocycles. The normalized spacial score (nSPS) is 15.7. The molecule has 0 saturated carbocycles. The third kappa shape index (κ3) is 4.24. The van der Waals surface area contributed by atoms with E-state index in [1.807, 2.05) is 0 Å². The number of benzene rings is 8. The molecule has 8 aromatic rings. The van der Waals surface area contributed by atoms with Crippen molar-refractivity contribution in [3.63, 3.8) is 0 Å². The van der Waals surface area contributed by atoms with Crippen LogP contribution in [-0.2, 0) is 11.8 Å². The fourth-order valence-corrected chi connectivity index (χ4v) is 9.13. The molecule has 1 atom stereocenters. The summed E-state index contributed by atoms with van der Waals surface area (Å²) in [7, 11) is 0. The van der Waals surface area contributed by atoms with Gasteiger partial charge in [-0.1, -0.05) is 172 Å². The van der Waals surface area contributed by atoms with Gasteiger partial charge in [-0.15, -0.1) is 0 Å². The molecule has 0 aliphatic heterocycles. The topological polar surface area (TPSA) is 0 Å². The van der Waals surface area contributed by atoms with Crippen molar-refractivity contribution in [2.24, 2.45) is 5.92 Å². The zero-order valence-electron chi connectivity index (χ0n) is 28.8. The lowest BCUT2D eigenvalue weighted by atomic mass is 9.76. The van der Waals surface area contributed by atoms with Gasteiger partial charge in [-0.05, 0) is 117 Å². The summed E-state index contributed by atoms with van der Waals surface area (Å²) >= 11 is 0. The minimum absolute atomic E-state index is 0.0857. The molecule has 0 fully saturated rings. The number of allylic oxidation sites excluding steroid dienone is 1. The number of rotatable bonds is 3. The molecule has 0 amide bonds. The Bertz CT molecular complexity index is 2700. The summed E-state index contributed by atoms with van der Waals surface area (Å²) in [5.41, 5.74) is 16.2. The average molecular weight is 639 g/mol. The van der Waals surface area contributed by atoms with Gasteiger partial charge >= 0.3 is 0 Å². The highest BCUT2D eigenvalue weighted by Crippen LogP contribution is 2.56. The van der Waals surface area contributed by atoms with E-state index in [1.54, 1.807) is 0 Å². The van der Waals surface area contributed by atoms with Crippen LogP contribution in [0.25, 0.3) is 82.9 Å². The Labute approximate surface area is 294 Å². The smallest absolute Gasteiger partial charge is 0.0159 e. The van der Waals surface area contributed by atoms with Crippen LogP contribution >= 0.6 is 0 Å². The van der Waals surface area contributed by atoms with E-state index in [9.17, 15) is 0 Å². The predicted octanol–water partition coefficient (Wildman–Crippen LogP) is 13.7. The van der Waals surface area contributed by atoms with Crippen LogP contribution in [0.1, 0.15) is 43.0 Å². The first kappa shape index (κ1) is 29.2. The monoisotopic (exact) mass is 638 g/mol. The Morgan fingerprint density at radius 1 is 0.480 bits per heavy atom. The second kappa shape index (κ2) is 10.9. The van der Waals surface area contributed by atoms with Gasteiger partial charge in [0.1, 0.15) is 0 Å². The Morgan fingerprint density at radius 2 is 1.10 bits per heavy atom. The third-order valence-electron chi connectivity index (χ3n) is 11.6. The highest BCUT2D eigenvalue weighted by atomic mass is 14.4. The van der Waals surface area contributed by atoms with Crippen LogP contribution in [0, 0.1) is 5.92 Å². The molecule has 50 heavy (non-hydrogen) atoms. The number of hydrogen-bond donors (Lipinski definition) is 0. The molecule has 2 aliphatic carbocycles. The van der Waals surface area contributed by atoms with Gasteiger partial charge in [-0.2, -0.15) is 0 Å². The maximum absolute atomic E-state index is 2.43. The van der Waals surface area contributed by atoms with Gasteiger partial charge < -0.3 is 0 Å². The van der Waals surface area contributed by atoms with Crippen molar-refractivity contribution in [1.29, 1.82) is 0 Å². The van der Waals surface area contributed by atoms with Crippen LogP contribution in [0.15, 0.2) is 152 Å². The molecule has 0 bridgehead atoms. The Morgan fingerprint density at radius 3 is 1.90 bits per heavy atom. The zero-order chi connectivity index (χ0) is 33.6. The van der Waals surface area contributed by atoms with Crippen LogP contribution < -0.4 is 0 Å². The van der Waals surface area contributed by atoms with E-state index in [0.717, 1.165) is 6.42 Å². The van der Waals surface area contributed by atoms with Crippen molar-refractivity contribution >= 4 is 38.4 Å². The molecule has 0 radical (unpaired) electrons. The molecule has 10 rings (SSSR count). The van der Waals surface area contributed by atoms with Gasteiger partial charge in [0.15, 0.2) is 0 Å². The second-order valence-electron chi connectivity index (χ2n) is 14.9. The molecule has 0 nitrogen and oxygen atoms in total. The van der Waals surface area contributed by atoms with Crippen LogP contribution in [0.2, 0.25) is 0 Å². The lowest BCUT2D eigenvalue weighted by Gasteiger charge is -2.27. The zero-order valence-corrected chi connectivity index (χ0v) is 28.8. The van der Waals surface area contributed by atoms with Crippen molar-refractivity contribution in [2.45, 2.75) is 32.6 Å². The van der Waals surface area contributed by atoms with Gasteiger partial charge in [0.2, 0.25) is 0 Å². The molecule has 0 aromatic heterocycles. The summed E-state index contributed by atoms with van der Waals surface area (Å²) in [6.45, 7) is 7.15. The summed E-state index contributed by atoms with van der Waals surface area (Å²) in [6, 6.07) is 54.5. The highest BCUT2D eigenvalue weighted by Gasteiger charge is 2.38. The Balaban J connectivity index is 1.22. The van der Waals surface area contributed by atoms with Crippen molar-refractivity contribution in [1.82, 2.24) is 0 Å². The quantitative estimate of drug-likeness (QED) is 0.181. The molecule has 8 aromatic carbocycles. The standard InChI is InChI=1S/C50H38/c1-31-19-27-41-43(29-31)46(35-23-20-33(21-24-35)37-25-22-32-11-4-5-13-36(32)30-37)39-15-8-9-16-40(39)47(41)42-17-10-18-44-49(42)48-38-14-7-6-12-34(38)26-28-45(48)50(44,2)3/h4-28,30-31H,29H2,1-3H3. The van der Waals surface area contributed by atoms with Gasteiger partial charge in [0, 0.05) is 5.41 Å². The summed E-state index contributed by atoms with van der Waals surface area (Å²) in [5, 5.41) is 7.84. The largest absolute Gasteiger partial charge is 0.0807 e. The maximum atomic E-state index is 2.43. The van der Waals surface area contributed by atoms with Crippen molar-refractivity contribution in [3.8, 4) is 44.5 Å².